The Hall–Kier alpha value is -1.42. The predicted molar refractivity (Wildman–Crippen MR) is 80.8 cm³/mol. The van der Waals surface area contributed by atoms with Gasteiger partial charge in [-0.3, -0.25) is 10.1 Å². The van der Waals surface area contributed by atoms with Gasteiger partial charge < -0.3 is 5.32 Å². The second kappa shape index (κ2) is 7.39. The number of hydrogen-bond acceptors (Lipinski definition) is 3. The second-order valence-electron chi connectivity index (χ2n) is 5.67. The molecular weight excluding hydrogens is 252 g/mol. The Kier molecular flexibility index (Phi) is 5.53. The molecule has 0 bridgehead atoms. The lowest BCUT2D eigenvalue weighted by Gasteiger charge is -2.32. The number of non-ortho nitro benzene ring substituents is 1. The van der Waals surface area contributed by atoms with Gasteiger partial charge >= 0.3 is 0 Å². The Morgan fingerprint density at radius 1 is 1.25 bits per heavy atom. The average molecular weight is 276 g/mol. The average Bonchev–Trinajstić information content (AvgIpc) is 2.47. The van der Waals surface area contributed by atoms with Crippen LogP contribution in [0, 0.1) is 16.0 Å². The van der Waals surface area contributed by atoms with Gasteiger partial charge in [-0.25, -0.2) is 0 Å². The summed E-state index contributed by atoms with van der Waals surface area (Å²) in [6.07, 6.45) is 7.47. The monoisotopic (exact) mass is 276 g/mol. The van der Waals surface area contributed by atoms with Crippen LogP contribution in [0.1, 0.15) is 44.6 Å². The highest BCUT2D eigenvalue weighted by Gasteiger charge is 2.23. The van der Waals surface area contributed by atoms with Crippen LogP contribution in [0.15, 0.2) is 24.3 Å². The lowest BCUT2D eigenvalue weighted by Crippen LogP contribution is -2.38. The summed E-state index contributed by atoms with van der Waals surface area (Å²) in [4.78, 5) is 10.3. The molecule has 1 N–H and O–H groups in total. The normalized spacial score (nSPS) is 22.6. The number of aryl methyl sites for hydroxylation is 1. The molecule has 1 aliphatic rings. The molecular formula is C16H24N2O2. The molecule has 110 valence electrons. The van der Waals surface area contributed by atoms with Crippen molar-refractivity contribution in [1.29, 1.82) is 0 Å². The molecule has 4 nitrogen and oxygen atoms in total. The van der Waals surface area contributed by atoms with Gasteiger partial charge in [0.2, 0.25) is 0 Å². The van der Waals surface area contributed by atoms with E-state index in [9.17, 15) is 10.1 Å². The molecule has 4 heteroatoms. The highest BCUT2D eigenvalue weighted by molar-refractivity contribution is 5.32. The van der Waals surface area contributed by atoms with Crippen LogP contribution in [-0.2, 0) is 6.42 Å². The first-order chi connectivity index (χ1) is 9.70. The standard InChI is InChI=1S/C16H24N2O2/c1-2-17-16-6-4-3-5-14(16)10-7-13-8-11-15(12-9-13)18(19)20/h8-9,11-12,14,16-17H,2-7,10H2,1H3. The van der Waals surface area contributed by atoms with Crippen LogP contribution in [0.25, 0.3) is 0 Å². The number of rotatable bonds is 6. The summed E-state index contributed by atoms with van der Waals surface area (Å²) in [5.74, 6) is 0.749. The maximum absolute atomic E-state index is 10.6. The van der Waals surface area contributed by atoms with Crippen molar-refractivity contribution in [2.75, 3.05) is 6.54 Å². The quantitative estimate of drug-likeness (QED) is 0.636. The van der Waals surface area contributed by atoms with Gasteiger partial charge in [0.15, 0.2) is 0 Å². The van der Waals surface area contributed by atoms with Crippen LogP contribution < -0.4 is 5.32 Å². The van der Waals surface area contributed by atoms with E-state index in [1.165, 1.54) is 37.7 Å². The molecule has 0 spiro atoms. The zero-order chi connectivity index (χ0) is 14.4. The Morgan fingerprint density at radius 3 is 2.60 bits per heavy atom. The molecule has 0 aromatic heterocycles. The minimum absolute atomic E-state index is 0.178. The first-order valence-corrected chi connectivity index (χ1v) is 7.67. The molecule has 0 heterocycles. The van der Waals surface area contributed by atoms with Gasteiger partial charge in [0.1, 0.15) is 0 Å². The topological polar surface area (TPSA) is 55.2 Å². The fourth-order valence-electron chi connectivity index (χ4n) is 3.22. The third kappa shape index (κ3) is 4.04. The van der Waals surface area contributed by atoms with Gasteiger partial charge in [0, 0.05) is 18.2 Å². The van der Waals surface area contributed by atoms with Crippen molar-refractivity contribution in [3.8, 4) is 0 Å². The molecule has 1 aromatic rings. The lowest BCUT2D eigenvalue weighted by molar-refractivity contribution is -0.384. The molecule has 20 heavy (non-hydrogen) atoms. The Labute approximate surface area is 120 Å². The van der Waals surface area contributed by atoms with Gasteiger partial charge in [-0.15, -0.1) is 0 Å². The summed E-state index contributed by atoms with van der Waals surface area (Å²) in [5, 5.41) is 14.2. The minimum Gasteiger partial charge on any atom is -0.314 e. The SMILES string of the molecule is CCNC1CCCCC1CCc1ccc([N+](=O)[O-])cc1. The van der Waals surface area contributed by atoms with E-state index in [1.54, 1.807) is 12.1 Å². The molecule has 1 aromatic carbocycles. The smallest absolute Gasteiger partial charge is 0.269 e. The van der Waals surface area contributed by atoms with E-state index < -0.39 is 0 Å². The largest absolute Gasteiger partial charge is 0.314 e. The van der Waals surface area contributed by atoms with Gasteiger partial charge in [-0.1, -0.05) is 31.9 Å². The zero-order valence-electron chi connectivity index (χ0n) is 12.2. The summed E-state index contributed by atoms with van der Waals surface area (Å²) in [7, 11) is 0. The van der Waals surface area contributed by atoms with Gasteiger partial charge in [-0.05, 0) is 43.7 Å². The predicted octanol–water partition coefficient (Wildman–Crippen LogP) is 3.70. The Bertz CT molecular complexity index is 429. The first-order valence-electron chi connectivity index (χ1n) is 7.67. The van der Waals surface area contributed by atoms with Crippen LogP contribution >= 0.6 is 0 Å². The number of nitro groups is 1. The van der Waals surface area contributed by atoms with Crippen LogP contribution in [0.2, 0.25) is 0 Å². The van der Waals surface area contributed by atoms with E-state index in [4.69, 9.17) is 0 Å². The van der Waals surface area contributed by atoms with Crippen molar-refractivity contribution in [1.82, 2.24) is 5.32 Å². The highest BCUT2D eigenvalue weighted by atomic mass is 16.6. The molecule has 0 radical (unpaired) electrons. The van der Waals surface area contributed by atoms with Crippen molar-refractivity contribution < 1.29 is 4.92 Å². The van der Waals surface area contributed by atoms with Crippen LogP contribution in [0.4, 0.5) is 5.69 Å². The van der Waals surface area contributed by atoms with E-state index in [-0.39, 0.29) is 10.6 Å². The maximum Gasteiger partial charge on any atom is 0.269 e. The number of nitro benzene ring substituents is 1. The number of benzene rings is 1. The Morgan fingerprint density at radius 2 is 1.95 bits per heavy atom. The summed E-state index contributed by atoms with van der Waals surface area (Å²) in [6.45, 7) is 3.21. The van der Waals surface area contributed by atoms with E-state index in [0.717, 1.165) is 18.9 Å². The van der Waals surface area contributed by atoms with E-state index in [1.807, 2.05) is 12.1 Å². The van der Waals surface area contributed by atoms with Crippen LogP contribution in [-0.4, -0.2) is 17.5 Å². The van der Waals surface area contributed by atoms with Gasteiger partial charge in [0.05, 0.1) is 4.92 Å². The highest BCUT2D eigenvalue weighted by Crippen LogP contribution is 2.28. The molecule has 0 amide bonds. The minimum atomic E-state index is -0.341. The molecule has 2 atom stereocenters. The fourth-order valence-corrected chi connectivity index (χ4v) is 3.22. The second-order valence-corrected chi connectivity index (χ2v) is 5.67. The molecule has 2 unspecified atom stereocenters. The van der Waals surface area contributed by atoms with Crippen molar-refractivity contribution in [2.24, 2.45) is 5.92 Å². The number of hydrogen-bond donors (Lipinski definition) is 1. The molecule has 0 saturated heterocycles. The Balaban J connectivity index is 1.88. The third-order valence-electron chi connectivity index (χ3n) is 4.33. The van der Waals surface area contributed by atoms with Crippen molar-refractivity contribution >= 4 is 5.69 Å². The van der Waals surface area contributed by atoms with Crippen molar-refractivity contribution in [3.05, 3.63) is 39.9 Å². The van der Waals surface area contributed by atoms with E-state index in [0.29, 0.717) is 6.04 Å². The molecule has 0 aliphatic heterocycles. The van der Waals surface area contributed by atoms with Gasteiger partial charge in [-0.2, -0.15) is 0 Å². The molecule has 1 fully saturated rings. The van der Waals surface area contributed by atoms with Crippen LogP contribution in [0.5, 0.6) is 0 Å². The summed E-state index contributed by atoms with van der Waals surface area (Å²) >= 11 is 0. The molecule has 1 saturated carbocycles. The lowest BCUT2D eigenvalue weighted by atomic mass is 9.81. The van der Waals surface area contributed by atoms with Crippen molar-refractivity contribution in [3.63, 3.8) is 0 Å². The fraction of sp³-hybridized carbons (Fsp3) is 0.625. The van der Waals surface area contributed by atoms with Crippen LogP contribution in [0.3, 0.4) is 0 Å². The summed E-state index contributed by atoms with van der Waals surface area (Å²) < 4.78 is 0. The third-order valence-corrected chi connectivity index (χ3v) is 4.33. The zero-order valence-corrected chi connectivity index (χ0v) is 12.2. The van der Waals surface area contributed by atoms with Crippen molar-refractivity contribution in [2.45, 2.75) is 51.5 Å². The number of nitrogens with one attached hydrogen (secondary N) is 1. The molecule has 1 aliphatic carbocycles. The van der Waals surface area contributed by atoms with Gasteiger partial charge in [0.25, 0.3) is 5.69 Å². The maximum atomic E-state index is 10.6. The molecule has 2 rings (SSSR count). The van der Waals surface area contributed by atoms with E-state index in [2.05, 4.69) is 12.2 Å². The number of nitrogens with zero attached hydrogens (tertiary/aromatic N) is 1. The summed E-state index contributed by atoms with van der Waals surface area (Å²) in [5.41, 5.74) is 1.38. The summed E-state index contributed by atoms with van der Waals surface area (Å²) in [6, 6.07) is 7.66. The first kappa shape index (κ1) is 15.0. The van der Waals surface area contributed by atoms with E-state index >= 15 is 0 Å².